The van der Waals surface area contributed by atoms with Crippen LogP contribution in [0.1, 0.15) is 31.6 Å². The molecule has 4 rings (SSSR count). The largest absolute Gasteiger partial charge is 0.441 e. The summed E-state index contributed by atoms with van der Waals surface area (Å²) in [6.45, 7) is 1.78. The minimum absolute atomic E-state index is 0.0378. The zero-order chi connectivity index (χ0) is 25.4. The molecule has 0 unspecified atom stereocenters. The van der Waals surface area contributed by atoms with Gasteiger partial charge in [0, 0.05) is 36.0 Å². The molecule has 0 atom stereocenters. The van der Waals surface area contributed by atoms with Crippen molar-refractivity contribution in [2.45, 2.75) is 54.9 Å². The van der Waals surface area contributed by atoms with Crippen LogP contribution in [0.25, 0.3) is 22.2 Å². The van der Waals surface area contributed by atoms with E-state index in [0.717, 1.165) is 10.9 Å². The monoisotopic (exact) mass is 453 g/mol. The molecule has 2 N–H and O–H groups in total. The molecule has 13 heteroatoms. The number of oxazole rings is 1. The summed E-state index contributed by atoms with van der Waals surface area (Å²) in [7, 11) is 34.8. The quantitative estimate of drug-likeness (QED) is 0.524. The van der Waals surface area contributed by atoms with Gasteiger partial charge in [-0.2, -0.15) is 0 Å². The predicted molar refractivity (Wildman–Crippen MR) is 141 cm³/mol. The van der Waals surface area contributed by atoms with Gasteiger partial charge in [-0.25, -0.2) is 15.0 Å². The van der Waals surface area contributed by atoms with Crippen molar-refractivity contribution in [1.82, 2.24) is 20.3 Å². The molecule has 2 aromatic heterocycles. The number of anilines is 1. The molecule has 0 aliphatic heterocycles. The van der Waals surface area contributed by atoms with Crippen LogP contribution in [0.3, 0.4) is 0 Å². The number of aromatic nitrogens is 3. The topological polar surface area (TPSA) is 92.9 Å². The molecular weight excluding hydrogens is 431 g/mol. The number of nitrogens with zero attached hydrogens (tertiary/aromatic N) is 3. The first kappa shape index (κ1) is 25.7. The number of carbonyl (C=O) groups is 1. The van der Waals surface area contributed by atoms with Crippen molar-refractivity contribution in [3.05, 3.63) is 36.5 Å². The van der Waals surface area contributed by atoms with Crippen molar-refractivity contribution in [1.29, 1.82) is 0 Å². The molecule has 7 nitrogen and oxygen atoms in total. The van der Waals surface area contributed by atoms with Gasteiger partial charge in [0.2, 0.25) is 11.9 Å². The Labute approximate surface area is 213 Å². The molecule has 0 spiro atoms. The Morgan fingerprint density at radius 2 is 1.71 bits per heavy atom. The summed E-state index contributed by atoms with van der Waals surface area (Å²) in [5.74, 6) is 1.13. The average Bonchev–Trinajstić information content (AvgIpc) is 3.22. The molecule has 0 saturated heterocycles. The zero-order valence-electron chi connectivity index (χ0n) is 19.6. The maximum Gasteiger partial charge on any atom is 0.229 e. The third-order valence-corrected chi connectivity index (χ3v) is 6.22. The van der Waals surface area contributed by atoms with E-state index in [2.05, 4.69) is 25.6 Å². The lowest BCUT2D eigenvalue weighted by Crippen LogP contribution is -2.55. The molecule has 1 saturated carbocycles. The first-order valence-corrected chi connectivity index (χ1v) is 11.4. The summed E-state index contributed by atoms with van der Waals surface area (Å²) in [6.07, 6.45) is 5.91. The van der Waals surface area contributed by atoms with E-state index in [0.29, 0.717) is 42.9 Å². The smallest absolute Gasteiger partial charge is 0.229 e. The Kier molecular flexibility index (Phi) is 7.28. The number of hydrogen-bond acceptors (Lipinski definition) is 6. The Balaban J connectivity index is 1.38. The van der Waals surface area contributed by atoms with Crippen molar-refractivity contribution in [3.8, 4) is 11.3 Å². The standard InChI is InChI=1S/C22H21B6N5O2/c1-11-29-10-17(35-11)13-2-3-14-9-30-20(32-16(14)8-13)33-18(34)12-4-6-15(7-5-12)31-19(21(23,24)25)22(26,27)28/h2-3,8-10,12,15,19,31H,4-7H2,1H3,(H,30,32,33,34). The van der Waals surface area contributed by atoms with Crippen molar-refractivity contribution in [2.75, 3.05) is 5.32 Å². The molecule has 1 fully saturated rings. The van der Waals surface area contributed by atoms with E-state index in [1.807, 2.05) is 18.2 Å². The van der Waals surface area contributed by atoms with Crippen LogP contribution in [0.2, 0.25) is 10.2 Å². The first-order valence-electron chi connectivity index (χ1n) is 11.4. The molecule has 164 valence electrons. The van der Waals surface area contributed by atoms with Crippen LogP contribution in [0.15, 0.2) is 35.0 Å². The van der Waals surface area contributed by atoms with Crippen molar-refractivity contribution < 1.29 is 9.21 Å². The molecule has 0 bridgehead atoms. The van der Waals surface area contributed by atoms with Gasteiger partial charge in [-0.15, -0.1) is 10.2 Å². The third kappa shape index (κ3) is 6.24. The fourth-order valence-electron chi connectivity index (χ4n) is 4.42. The van der Waals surface area contributed by atoms with Crippen LogP contribution in [-0.4, -0.2) is 80.0 Å². The van der Waals surface area contributed by atoms with E-state index in [-0.39, 0.29) is 23.8 Å². The molecule has 1 aliphatic rings. The molecule has 2 heterocycles. The molecule has 12 radical (unpaired) electrons. The minimum Gasteiger partial charge on any atom is -0.441 e. The van der Waals surface area contributed by atoms with E-state index in [1.165, 1.54) is 0 Å². The summed E-state index contributed by atoms with van der Waals surface area (Å²) in [6, 6.07) is 4.71. The number of amides is 1. The van der Waals surface area contributed by atoms with Crippen molar-refractivity contribution in [2.24, 2.45) is 5.92 Å². The second-order valence-electron chi connectivity index (χ2n) is 9.35. The van der Waals surface area contributed by atoms with Crippen LogP contribution in [0.5, 0.6) is 0 Å². The highest BCUT2D eigenvalue weighted by molar-refractivity contribution is 6.64. The number of nitrogens with one attached hydrogen (secondary N) is 2. The number of aryl methyl sites for hydroxylation is 1. The van der Waals surface area contributed by atoms with Crippen LogP contribution in [-0.2, 0) is 4.79 Å². The zero-order valence-corrected chi connectivity index (χ0v) is 19.6. The van der Waals surface area contributed by atoms with E-state index >= 15 is 0 Å². The first-order chi connectivity index (χ1) is 16.4. The minimum atomic E-state index is -1.70. The van der Waals surface area contributed by atoms with Gasteiger partial charge in [-0.1, -0.05) is 12.1 Å². The summed E-state index contributed by atoms with van der Waals surface area (Å²) >= 11 is 0. The van der Waals surface area contributed by atoms with E-state index in [9.17, 15) is 4.79 Å². The maximum atomic E-state index is 12.9. The van der Waals surface area contributed by atoms with Crippen LogP contribution in [0.4, 0.5) is 5.95 Å². The lowest BCUT2D eigenvalue weighted by molar-refractivity contribution is -0.120. The fourth-order valence-corrected chi connectivity index (χ4v) is 4.42. The number of rotatable bonds is 7. The summed E-state index contributed by atoms with van der Waals surface area (Å²) in [5.41, 5.74) is 1.52. The van der Waals surface area contributed by atoms with E-state index in [1.54, 1.807) is 19.3 Å². The Bertz CT molecular complexity index is 1190. The lowest BCUT2D eigenvalue weighted by atomic mass is 9.27. The van der Waals surface area contributed by atoms with Gasteiger partial charge in [0.15, 0.2) is 11.7 Å². The van der Waals surface area contributed by atoms with Gasteiger partial charge in [0.1, 0.15) is 0 Å². The van der Waals surface area contributed by atoms with Gasteiger partial charge in [-0.3, -0.25) is 10.1 Å². The highest BCUT2D eigenvalue weighted by Crippen LogP contribution is 2.34. The molecular formula is C22H21B6N5O2. The SMILES string of the molecule is [B]C([B])([B])C(NC1CCC(C(=O)Nc2ncc3ccc(-c4cnc(C)o4)cc3n2)CC1)C([B])([B])[B]. The van der Waals surface area contributed by atoms with Gasteiger partial charge >= 0.3 is 0 Å². The third-order valence-electron chi connectivity index (χ3n) is 6.22. The Morgan fingerprint density at radius 1 is 1.03 bits per heavy atom. The Hall–Kier alpha value is -2.41. The normalized spacial score (nSPS) is 19.1. The highest BCUT2D eigenvalue weighted by Gasteiger charge is 2.35. The fraction of sp³-hybridized carbons (Fsp3) is 0.455. The van der Waals surface area contributed by atoms with E-state index < -0.39 is 16.3 Å². The van der Waals surface area contributed by atoms with Crippen LogP contribution in [0, 0.1) is 12.8 Å². The molecule has 1 aliphatic carbocycles. The molecule has 1 amide bonds. The van der Waals surface area contributed by atoms with Gasteiger partial charge in [0.05, 0.1) is 58.8 Å². The van der Waals surface area contributed by atoms with Crippen LogP contribution >= 0.6 is 0 Å². The van der Waals surface area contributed by atoms with Crippen molar-refractivity contribution >= 4 is 69.8 Å². The number of hydrogen-bond donors (Lipinski definition) is 2. The Morgan fingerprint density at radius 3 is 2.31 bits per heavy atom. The molecule has 35 heavy (non-hydrogen) atoms. The van der Waals surface area contributed by atoms with Crippen molar-refractivity contribution in [3.63, 3.8) is 0 Å². The second kappa shape index (κ2) is 9.92. The highest BCUT2D eigenvalue weighted by atomic mass is 16.4. The lowest BCUT2D eigenvalue weighted by Gasteiger charge is -2.47. The molecule has 3 aromatic rings. The molecule has 1 aromatic carbocycles. The van der Waals surface area contributed by atoms with Crippen LogP contribution < -0.4 is 10.6 Å². The number of carbonyl (C=O) groups excluding carboxylic acids is 1. The second-order valence-corrected chi connectivity index (χ2v) is 9.35. The average molecular weight is 452 g/mol. The summed E-state index contributed by atoms with van der Waals surface area (Å²) < 4.78 is 5.59. The van der Waals surface area contributed by atoms with E-state index in [4.69, 9.17) is 51.5 Å². The van der Waals surface area contributed by atoms with Gasteiger partial charge < -0.3 is 9.73 Å². The predicted octanol–water partition coefficient (Wildman–Crippen LogP) is 1.21. The van der Waals surface area contributed by atoms with Gasteiger partial charge in [0.25, 0.3) is 0 Å². The van der Waals surface area contributed by atoms with Gasteiger partial charge in [-0.05, 0) is 37.8 Å². The summed E-state index contributed by atoms with van der Waals surface area (Å²) in [5, 5.41) is 3.44. The number of benzene rings is 1. The maximum absolute atomic E-state index is 12.9. The summed E-state index contributed by atoms with van der Waals surface area (Å²) in [4.78, 5) is 25.8. The number of fused-ring (bicyclic) bond motifs is 1.